The Kier molecular flexibility index (Phi) is 8.02. The molecule has 0 spiro atoms. The van der Waals surface area contributed by atoms with Crippen molar-refractivity contribution in [1.29, 1.82) is 0 Å². The molecule has 0 aliphatic rings. The Labute approximate surface area is 194 Å². The summed E-state index contributed by atoms with van der Waals surface area (Å²) < 4.78 is 51.4. The Morgan fingerprint density at radius 1 is 0.788 bits per heavy atom. The van der Waals surface area contributed by atoms with E-state index in [0.717, 1.165) is 11.0 Å². The van der Waals surface area contributed by atoms with Gasteiger partial charge in [-0.25, -0.2) is 16.8 Å². The highest BCUT2D eigenvalue weighted by atomic mass is 32.2. The van der Waals surface area contributed by atoms with E-state index < -0.39 is 19.9 Å². The van der Waals surface area contributed by atoms with E-state index in [0.29, 0.717) is 11.3 Å². The molecular formula is C24H24N2O5S2. The second-order valence-electron chi connectivity index (χ2n) is 7.18. The summed E-state index contributed by atoms with van der Waals surface area (Å²) in [5.74, 6) is -0.445. The van der Waals surface area contributed by atoms with Gasteiger partial charge < -0.3 is 5.32 Å². The topological polar surface area (TPSA) is 109 Å². The Morgan fingerprint density at radius 3 is 2.03 bits per heavy atom. The fourth-order valence-electron chi connectivity index (χ4n) is 2.93. The van der Waals surface area contributed by atoms with Crippen molar-refractivity contribution in [2.45, 2.75) is 11.3 Å². The third kappa shape index (κ3) is 7.58. The third-order valence-corrected chi connectivity index (χ3v) is 7.46. The molecule has 0 saturated heterocycles. The van der Waals surface area contributed by atoms with Gasteiger partial charge in [0.1, 0.15) is 0 Å². The highest BCUT2D eigenvalue weighted by molar-refractivity contribution is 7.95. The predicted molar refractivity (Wildman–Crippen MR) is 130 cm³/mol. The molecule has 3 rings (SSSR count). The Bertz CT molecular complexity index is 1300. The van der Waals surface area contributed by atoms with Gasteiger partial charge in [-0.1, -0.05) is 48.5 Å². The summed E-state index contributed by atoms with van der Waals surface area (Å²) in [5, 5.41) is 3.75. The molecule has 0 aliphatic heterocycles. The van der Waals surface area contributed by atoms with Gasteiger partial charge in [-0.05, 0) is 54.5 Å². The molecule has 3 aromatic rings. The van der Waals surface area contributed by atoms with Crippen LogP contribution in [0.2, 0.25) is 0 Å². The van der Waals surface area contributed by atoms with Gasteiger partial charge in [0.15, 0.2) is 9.84 Å². The Balaban J connectivity index is 1.49. The van der Waals surface area contributed by atoms with Gasteiger partial charge in [-0.2, -0.15) is 0 Å². The first-order valence-corrected chi connectivity index (χ1v) is 13.4. The molecule has 9 heteroatoms. The van der Waals surface area contributed by atoms with Gasteiger partial charge >= 0.3 is 0 Å². The Hall–Kier alpha value is -3.43. The van der Waals surface area contributed by atoms with Crippen molar-refractivity contribution in [3.8, 4) is 0 Å². The van der Waals surface area contributed by atoms with Crippen LogP contribution >= 0.6 is 0 Å². The van der Waals surface area contributed by atoms with E-state index in [2.05, 4.69) is 10.0 Å². The fourth-order valence-corrected chi connectivity index (χ4v) is 5.13. The van der Waals surface area contributed by atoms with E-state index in [1.165, 1.54) is 30.3 Å². The van der Waals surface area contributed by atoms with Crippen molar-refractivity contribution in [2.75, 3.05) is 17.0 Å². The smallest absolute Gasteiger partial charge is 0.255 e. The van der Waals surface area contributed by atoms with Crippen LogP contribution in [-0.2, 0) is 19.9 Å². The first-order chi connectivity index (χ1) is 15.8. The molecule has 172 valence electrons. The lowest BCUT2D eigenvalue weighted by molar-refractivity contribution is 0.0953. The molecule has 0 heterocycles. The maximum Gasteiger partial charge on any atom is 0.255 e. The molecule has 0 bridgehead atoms. The molecule has 0 radical (unpaired) electrons. The zero-order valence-electron chi connectivity index (χ0n) is 17.7. The van der Waals surface area contributed by atoms with Crippen LogP contribution in [0.15, 0.2) is 95.2 Å². The largest absolute Gasteiger partial charge is 0.352 e. The average Bonchev–Trinajstić information content (AvgIpc) is 2.82. The van der Waals surface area contributed by atoms with E-state index in [9.17, 15) is 21.6 Å². The van der Waals surface area contributed by atoms with Crippen molar-refractivity contribution in [2.24, 2.45) is 0 Å². The molecule has 1 amide bonds. The zero-order chi connectivity index (χ0) is 23.7. The molecule has 0 unspecified atom stereocenters. The molecule has 0 fully saturated rings. The van der Waals surface area contributed by atoms with Crippen molar-refractivity contribution in [3.63, 3.8) is 0 Å². The van der Waals surface area contributed by atoms with E-state index in [-0.39, 0.29) is 29.5 Å². The molecular weight excluding hydrogens is 460 g/mol. The van der Waals surface area contributed by atoms with Crippen molar-refractivity contribution >= 4 is 37.5 Å². The molecule has 0 aromatic heterocycles. The zero-order valence-corrected chi connectivity index (χ0v) is 19.3. The molecule has 0 saturated carbocycles. The van der Waals surface area contributed by atoms with Gasteiger partial charge in [0.05, 0.1) is 16.1 Å². The lowest BCUT2D eigenvalue weighted by atomic mass is 10.2. The second-order valence-corrected chi connectivity index (χ2v) is 10.9. The van der Waals surface area contributed by atoms with E-state index in [1.54, 1.807) is 42.5 Å². The SMILES string of the molecule is O=C(NCCCS(=O)(=O)c1ccccc1)c1ccc(NS(=O)(=O)/C=C/c2ccccc2)cc1. The maximum absolute atomic E-state index is 12.3. The van der Waals surface area contributed by atoms with Gasteiger partial charge in [-0.3, -0.25) is 9.52 Å². The number of carbonyl (C=O) groups excluding carboxylic acids is 1. The number of sulfonamides is 1. The summed E-state index contributed by atoms with van der Waals surface area (Å²) in [6.07, 6.45) is 1.76. The van der Waals surface area contributed by atoms with Crippen LogP contribution in [0.1, 0.15) is 22.3 Å². The van der Waals surface area contributed by atoms with E-state index in [1.807, 2.05) is 18.2 Å². The second kappa shape index (κ2) is 10.9. The van der Waals surface area contributed by atoms with Crippen molar-refractivity contribution in [1.82, 2.24) is 5.32 Å². The van der Waals surface area contributed by atoms with Gasteiger partial charge in [0.2, 0.25) is 0 Å². The number of amides is 1. The lowest BCUT2D eigenvalue weighted by Crippen LogP contribution is -2.26. The van der Waals surface area contributed by atoms with Crippen molar-refractivity contribution < 1.29 is 21.6 Å². The minimum absolute atomic E-state index is 0.0749. The summed E-state index contributed by atoms with van der Waals surface area (Å²) in [7, 11) is -7.10. The number of carbonyl (C=O) groups is 1. The van der Waals surface area contributed by atoms with Crippen LogP contribution in [0, 0.1) is 0 Å². The quantitative estimate of drug-likeness (QED) is 0.427. The highest BCUT2D eigenvalue weighted by Crippen LogP contribution is 2.14. The van der Waals surface area contributed by atoms with Gasteiger partial charge in [0, 0.05) is 17.8 Å². The summed E-state index contributed by atoms with van der Waals surface area (Å²) in [5.41, 5.74) is 1.41. The van der Waals surface area contributed by atoms with Crippen LogP contribution in [0.5, 0.6) is 0 Å². The predicted octanol–water partition coefficient (Wildman–Crippen LogP) is 3.69. The van der Waals surface area contributed by atoms with Crippen molar-refractivity contribution in [3.05, 3.63) is 101 Å². The summed E-state index contributed by atoms with van der Waals surface area (Å²) >= 11 is 0. The number of sulfone groups is 1. The van der Waals surface area contributed by atoms with E-state index >= 15 is 0 Å². The highest BCUT2D eigenvalue weighted by Gasteiger charge is 2.14. The number of hydrogen-bond donors (Lipinski definition) is 2. The summed E-state index contributed by atoms with van der Waals surface area (Å²) in [4.78, 5) is 12.5. The summed E-state index contributed by atoms with van der Waals surface area (Å²) in [6.45, 7) is 0.198. The molecule has 3 aromatic carbocycles. The summed E-state index contributed by atoms with van der Waals surface area (Å²) in [6, 6.07) is 23.2. The van der Waals surface area contributed by atoms with Gasteiger partial charge in [0.25, 0.3) is 15.9 Å². The number of hydrogen-bond acceptors (Lipinski definition) is 5. The molecule has 2 N–H and O–H groups in total. The lowest BCUT2D eigenvalue weighted by Gasteiger charge is -2.08. The first-order valence-electron chi connectivity index (χ1n) is 10.2. The fraction of sp³-hybridized carbons (Fsp3) is 0.125. The number of nitrogens with one attached hydrogen (secondary N) is 2. The third-order valence-electron chi connectivity index (χ3n) is 4.62. The number of benzene rings is 3. The number of anilines is 1. The van der Waals surface area contributed by atoms with Crippen LogP contribution in [0.4, 0.5) is 5.69 Å². The number of rotatable bonds is 10. The molecule has 0 aliphatic carbocycles. The minimum atomic E-state index is -3.71. The Morgan fingerprint density at radius 2 is 1.39 bits per heavy atom. The first kappa shape index (κ1) is 24.2. The van der Waals surface area contributed by atoms with Crippen LogP contribution < -0.4 is 10.0 Å². The van der Waals surface area contributed by atoms with E-state index in [4.69, 9.17) is 0 Å². The molecule has 33 heavy (non-hydrogen) atoms. The monoisotopic (exact) mass is 484 g/mol. The van der Waals surface area contributed by atoms with Crippen LogP contribution in [0.25, 0.3) is 6.08 Å². The standard InChI is InChI=1S/C24H24N2O5S2/c27-24(25-17-7-18-32(28,29)23-10-5-2-6-11-23)21-12-14-22(15-13-21)26-33(30,31)19-16-20-8-3-1-4-9-20/h1-6,8-16,19,26H,7,17-18H2,(H,25,27)/b19-16+. The van der Waals surface area contributed by atoms with Gasteiger partial charge in [-0.15, -0.1) is 0 Å². The average molecular weight is 485 g/mol. The van der Waals surface area contributed by atoms with Crippen LogP contribution in [0.3, 0.4) is 0 Å². The van der Waals surface area contributed by atoms with Crippen LogP contribution in [-0.4, -0.2) is 35.0 Å². The molecule has 0 atom stereocenters. The normalized spacial score (nSPS) is 11.9. The molecule has 7 nitrogen and oxygen atoms in total. The maximum atomic E-state index is 12.3. The minimum Gasteiger partial charge on any atom is -0.352 e.